The van der Waals surface area contributed by atoms with Crippen LogP contribution in [0.1, 0.15) is 54.8 Å². The Kier molecular flexibility index (Phi) is 5.17. The molecule has 2 aliphatic heterocycles. The van der Waals surface area contributed by atoms with Crippen molar-refractivity contribution in [2.24, 2.45) is 5.92 Å². The van der Waals surface area contributed by atoms with Gasteiger partial charge in [-0.25, -0.2) is 4.98 Å². The quantitative estimate of drug-likeness (QED) is 0.670. The van der Waals surface area contributed by atoms with Crippen molar-refractivity contribution in [2.75, 3.05) is 29.1 Å². The number of nitrogens with one attached hydrogen (secondary N) is 1. The van der Waals surface area contributed by atoms with Crippen molar-refractivity contribution in [1.29, 1.82) is 5.26 Å². The summed E-state index contributed by atoms with van der Waals surface area (Å²) in [6.45, 7) is 0.875. The van der Waals surface area contributed by atoms with E-state index in [1.54, 1.807) is 0 Å². The summed E-state index contributed by atoms with van der Waals surface area (Å²) in [6, 6.07) is 10.9. The first kappa shape index (κ1) is 21.4. The second-order valence-corrected chi connectivity index (χ2v) is 11.9. The van der Waals surface area contributed by atoms with Crippen molar-refractivity contribution < 1.29 is 9.32 Å². The lowest BCUT2D eigenvalue weighted by Crippen LogP contribution is -2.48. The molecule has 2 N–H and O–H groups in total. The number of rotatable bonds is 5. The van der Waals surface area contributed by atoms with Crippen molar-refractivity contribution in [3.63, 3.8) is 0 Å². The molecule has 33 heavy (non-hydrogen) atoms. The van der Waals surface area contributed by atoms with Crippen LogP contribution in [-0.2, 0) is 17.2 Å². The summed E-state index contributed by atoms with van der Waals surface area (Å²) in [7, 11) is -1.17. The van der Waals surface area contributed by atoms with Crippen LogP contribution in [0.4, 0.5) is 11.5 Å². The highest BCUT2D eigenvalue weighted by molar-refractivity contribution is 7.85. The van der Waals surface area contributed by atoms with Crippen LogP contribution in [-0.4, -0.2) is 44.8 Å². The second kappa shape index (κ2) is 7.97. The summed E-state index contributed by atoms with van der Waals surface area (Å²) in [4.78, 5) is 7.93. The minimum atomic E-state index is -1.17. The first-order chi connectivity index (χ1) is 16.0. The molecule has 0 amide bonds. The van der Waals surface area contributed by atoms with Gasteiger partial charge in [0.1, 0.15) is 17.5 Å². The minimum Gasteiger partial charge on any atom is -0.394 e. The molecule has 0 radical (unpaired) electrons. The number of aryl methyl sites for hydroxylation is 1. The van der Waals surface area contributed by atoms with Crippen LogP contribution in [0.3, 0.4) is 0 Å². The number of nitrogens with zero attached hydrogens (tertiary/aromatic N) is 3. The predicted octanol–water partition coefficient (Wildman–Crippen LogP) is 3.98. The van der Waals surface area contributed by atoms with E-state index in [1.165, 1.54) is 5.56 Å². The van der Waals surface area contributed by atoms with E-state index in [1.807, 2.05) is 12.1 Å². The molecule has 0 spiro atoms. The van der Waals surface area contributed by atoms with Crippen LogP contribution in [0.2, 0.25) is 5.02 Å². The number of halogens is 1. The van der Waals surface area contributed by atoms with Crippen molar-refractivity contribution in [2.45, 2.75) is 60.9 Å². The van der Waals surface area contributed by atoms with Crippen LogP contribution < -0.4 is 10.2 Å². The number of fused-ring (bicyclic) bond motifs is 3. The van der Waals surface area contributed by atoms with Gasteiger partial charge in [-0.3, -0.25) is 4.21 Å². The van der Waals surface area contributed by atoms with Crippen molar-refractivity contribution >= 4 is 33.9 Å². The molecule has 1 aromatic carbocycles. The molecule has 8 heteroatoms. The number of aliphatic hydroxyl groups excluding tert-OH is 1. The van der Waals surface area contributed by atoms with E-state index in [0.717, 1.165) is 55.2 Å². The monoisotopic (exact) mass is 482 g/mol. The number of aromatic nitrogens is 1. The van der Waals surface area contributed by atoms with Gasteiger partial charge in [0.2, 0.25) is 0 Å². The molecule has 3 unspecified atom stereocenters. The van der Waals surface area contributed by atoms with Crippen LogP contribution in [0, 0.1) is 17.2 Å². The molecule has 6 rings (SSSR count). The lowest BCUT2D eigenvalue weighted by molar-refractivity contribution is 0.144. The Balaban J connectivity index is 1.36. The van der Waals surface area contributed by atoms with Crippen molar-refractivity contribution in [3.8, 4) is 6.07 Å². The Labute approximate surface area is 201 Å². The highest BCUT2D eigenvalue weighted by Crippen LogP contribution is 2.51. The zero-order chi connectivity index (χ0) is 22.7. The summed E-state index contributed by atoms with van der Waals surface area (Å²) >= 11 is 6.09. The molecular weight excluding hydrogens is 456 g/mol. The fourth-order valence-electron chi connectivity index (χ4n) is 6.27. The molecule has 2 saturated carbocycles. The first-order valence-corrected chi connectivity index (χ1v) is 13.5. The molecule has 4 aliphatic rings. The number of aliphatic hydroxyl groups is 1. The smallest absolute Gasteiger partial charge is 0.149 e. The fraction of sp³-hybridized carbons (Fsp3) is 0.520. The van der Waals surface area contributed by atoms with Crippen LogP contribution >= 0.6 is 11.6 Å². The Bertz CT molecular complexity index is 1170. The molecule has 6 nitrogen and oxygen atoms in total. The standard InChI is InChI=1S/C25H27ClN4O2S/c26-17-4-2-15(3-5-17)19-11-18-10-16(19)13-30(18)24-20(12-27)22(29-25(14-31)7-1-8-25)23-21(28-24)6-9-33(23)32/h2-5,16,18-19,31H,1,6-11,13-14H2,(H,28,29)/t16?,18?,19?,33-/m1/s1. The number of piperidine rings is 1. The van der Waals surface area contributed by atoms with Gasteiger partial charge >= 0.3 is 0 Å². The second-order valence-electron chi connectivity index (χ2n) is 9.99. The summed E-state index contributed by atoms with van der Waals surface area (Å²) < 4.78 is 12.9. The van der Waals surface area contributed by atoms with Gasteiger partial charge in [-0.1, -0.05) is 23.7 Å². The number of hydrogen-bond donors (Lipinski definition) is 2. The van der Waals surface area contributed by atoms with Gasteiger partial charge in [-0.05, 0) is 61.6 Å². The number of benzene rings is 1. The zero-order valence-electron chi connectivity index (χ0n) is 18.4. The average Bonchev–Trinajstić information content (AvgIpc) is 3.50. The minimum absolute atomic E-state index is 0.00805. The van der Waals surface area contributed by atoms with Gasteiger partial charge in [0.25, 0.3) is 0 Å². The number of hydrogen-bond acceptors (Lipinski definition) is 6. The van der Waals surface area contributed by atoms with Crippen LogP contribution in [0.15, 0.2) is 29.2 Å². The molecule has 2 bridgehead atoms. The third kappa shape index (κ3) is 3.38. The van der Waals surface area contributed by atoms with Crippen LogP contribution in [0.25, 0.3) is 0 Å². The maximum Gasteiger partial charge on any atom is 0.149 e. The van der Waals surface area contributed by atoms with Gasteiger partial charge in [0.05, 0.1) is 39.2 Å². The third-order valence-electron chi connectivity index (χ3n) is 8.18. The van der Waals surface area contributed by atoms with E-state index in [2.05, 4.69) is 28.4 Å². The Morgan fingerprint density at radius 3 is 2.70 bits per heavy atom. The third-order valence-corrected chi connectivity index (χ3v) is 9.90. The molecule has 172 valence electrons. The van der Waals surface area contributed by atoms with E-state index in [4.69, 9.17) is 16.6 Å². The maximum atomic E-state index is 12.9. The molecular formula is C25H27ClN4O2S. The Morgan fingerprint density at radius 1 is 1.30 bits per heavy atom. The van der Waals surface area contributed by atoms with E-state index in [9.17, 15) is 14.6 Å². The van der Waals surface area contributed by atoms with Crippen LogP contribution in [0.5, 0.6) is 0 Å². The number of nitriles is 1. The largest absolute Gasteiger partial charge is 0.394 e. The topological polar surface area (TPSA) is 89.2 Å². The summed E-state index contributed by atoms with van der Waals surface area (Å²) in [6.07, 6.45) is 5.53. The Hall–Kier alpha value is -2.14. The number of anilines is 2. The van der Waals surface area contributed by atoms with Crippen molar-refractivity contribution in [1.82, 2.24) is 4.98 Å². The average molecular weight is 483 g/mol. The molecule has 2 aromatic rings. The summed E-state index contributed by atoms with van der Waals surface area (Å²) in [5.41, 5.74) is 2.89. The van der Waals surface area contributed by atoms with Gasteiger partial charge in [0, 0.05) is 29.8 Å². The highest BCUT2D eigenvalue weighted by atomic mass is 35.5. The van der Waals surface area contributed by atoms with Gasteiger partial charge in [0.15, 0.2) is 0 Å². The predicted molar refractivity (Wildman–Crippen MR) is 129 cm³/mol. The van der Waals surface area contributed by atoms with Crippen molar-refractivity contribution in [3.05, 3.63) is 46.1 Å². The van der Waals surface area contributed by atoms with Gasteiger partial charge < -0.3 is 15.3 Å². The van der Waals surface area contributed by atoms with E-state index >= 15 is 0 Å². The lowest BCUT2D eigenvalue weighted by atomic mass is 9.77. The fourth-order valence-corrected chi connectivity index (χ4v) is 7.77. The maximum absolute atomic E-state index is 12.9. The Morgan fingerprint density at radius 2 is 2.09 bits per heavy atom. The SMILES string of the molecule is N#Cc1c(N2CC3CC2CC3c2ccc(Cl)cc2)nc2c(c1NC1(CO)CCC1)[S@](=O)CC2. The molecule has 3 heterocycles. The lowest BCUT2D eigenvalue weighted by Gasteiger charge is -2.42. The van der Waals surface area contributed by atoms with E-state index < -0.39 is 16.3 Å². The normalized spacial score (nSPS) is 28.9. The first-order valence-electron chi connectivity index (χ1n) is 11.8. The molecule has 1 saturated heterocycles. The summed E-state index contributed by atoms with van der Waals surface area (Å²) in [5, 5.41) is 24.5. The molecule has 2 aliphatic carbocycles. The number of pyridine rings is 1. The summed E-state index contributed by atoms with van der Waals surface area (Å²) in [5.74, 6) is 2.29. The van der Waals surface area contributed by atoms with Gasteiger partial charge in [-0.15, -0.1) is 0 Å². The highest BCUT2D eigenvalue weighted by Gasteiger charge is 2.47. The van der Waals surface area contributed by atoms with Gasteiger partial charge in [-0.2, -0.15) is 5.26 Å². The van der Waals surface area contributed by atoms with E-state index in [-0.39, 0.29) is 6.61 Å². The zero-order valence-corrected chi connectivity index (χ0v) is 20.0. The van der Waals surface area contributed by atoms with E-state index in [0.29, 0.717) is 46.2 Å². The molecule has 1 aromatic heterocycles. The molecule has 3 fully saturated rings. The molecule has 4 atom stereocenters.